The van der Waals surface area contributed by atoms with Gasteiger partial charge in [-0.2, -0.15) is 5.26 Å². The van der Waals surface area contributed by atoms with Gasteiger partial charge in [0.05, 0.1) is 12.1 Å². The summed E-state index contributed by atoms with van der Waals surface area (Å²) in [5.74, 6) is -0.226. The Hall–Kier alpha value is -1.57. The molecule has 106 valence electrons. The third-order valence-corrected chi connectivity index (χ3v) is 3.93. The lowest BCUT2D eigenvalue weighted by Crippen LogP contribution is -2.44. The first-order valence-corrected chi connectivity index (χ1v) is 7.01. The molecule has 0 aromatic heterocycles. The normalized spacial score (nSPS) is 18.9. The molecule has 1 aromatic carbocycles. The number of nitriles is 1. The maximum atomic E-state index is 12.4. The zero-order valence-electron chi connectivity index (χ0n) is 11.4. The molecule has 1 amide bonds. The van der Waals surface area contributed by atoms with Gasteiger partial charge in [-0.1, -0.05) is 23.7 Å². The number of rotatable bonds is 3. The number of nitrogens with one attached hydrogen (secondary N) is 1. The van der Waals surface area contributed by atoms with Crippen molar-refractivity contribution in [2.75, 3.05) is 13.2 Å². The Balaban J connectivity index is 2.09. The highest BCUT2D eigenvalue weighted by Gasteiger charge is 2.40. The van der Waals surface area contributed by atoms with Crippen molar-refractivity contribution in [1.29, 1.82) is 5.26 Å². The van der Waals surface area contributed by atoms with Crippen LogP contribution in [-0.2, 0) is 9.53 Å². The summed E-state index contributed by atoms with van der Waals surface area (Å²) in [6.07, 6.45) is 0.884. The molecule has 20 heavy (non-hydrogen) atoms. The quantitative estimate of drug-likeness (QED) is 0.932. The molecule has 5 heteroatoms. The lowest BCUT2D eigenvalue weighted by molar-refractivity contribution is -0.133. The van der Waals surface area contributed by atoms with E-state index in [1.54, 1.807) is 6.07 Å². The molecule has 1 saturated heterocycles. The molecule has 0 spiro atoms. The van der Waals surface area contributed by atoms with Gasteiger partial charge in [0, 0.05) is 18.2 Å². The zero-order valence-corrected chi connectivity index (χ0v) is 12.1. The summed E-state index contributed by atoms with van der Waals surface area (Å²) in [5, 5.41) is 12.9. The van der Waals surface area contributed by atoms with E-state index in [9.17, 15) is 10.1 Å². The largest absolute Gasteiger partial charge is 0.381 e. The van der Waals surface area contributed by atoms with Gasteiger partial charge in [-0.25, -0.2) is 0 Å². The predicted molar refractivity (Wildman–Crippen MR) is 76.1 cm³/mol. The average Bonchev–Trinajstić information content (AvgIpc) is 2.47. The lowest BCUT2D eigenvalue weighted by atomic mass is 9.80. The van der Waals surface area contributed by atoms with Gasteiger partial charge < -0.3 is 10.1 Å². The molecular weight excluding hydrogens is 276 g/mol. The zero-order chi connectivity index (χ0) is 14.6. The van der Waals surface area contributed by atoms with Crippen molar-refractivity contribution >= 4 is 17.5 Å². The Morgan fingerprint density at radius 1 is 1.50 bits per heavy atom. The maximum absolute atomic E-state index is 12.4. The number of carbonyl (C=O) groups is 1. The monoisotopic (exact) mass is 292 g/mol. The Morgan fingerprint density at radius 2 is 2.20 bits per heavy atom. The highest BCUT2D eigenvalue weighted by molar-refractivity contribution is 6.30. The molecule has 0 bridgehead atoms. The van der Waals surface area contributed by atoms with E-state index in [-0.39, 0.29) is 11.9 Å². The number of hydrogen-bond acceptors (Lipinski definition) is 3. The van der Waals surface area contributed by atoms with Crippen LogP contribution in [0.25, 0.3) is 0 Å². The number of benzene rings is 1. The van der Waals surface area contributed by atoms with Crippen LogP contribution in [0.1, 0.15) is 31.4 Å². The van der Waals surface area contributed by atoms with Crippen molar-refractivity contribution in [3.8, 4) is 6.07 Å². The lowest BCUT2D eigenvalue weighted by Gasteiger charge is -2.30. The number of hydrogen-bond donors (Lipinski definition) is 1. The minimum Gasteiger partial charge on any atom is -0.381 e. The van der Waals surface area contributed by atoms with E-state index in [1.165, 1.54) is 0 Å². The van der Waals surface area contributed by atoms with E-state index in [0.29, 0.717) is 31.1 Å². The first-order chi connectivity index (χ1) is 9.57. The fourth-order valence-corrected chi connectivity index (χ4v) is 2.50. The Labute approximate surface area is 123 Å². The first-order valence-electron chi connectivity index (χ1n) is 6.63. The third kappa shape index (κ3) is 3.12. The molecule has 1 aliphatic rings. The molecule has 1 fully saturated rings. The van der Waals surface area contributed by atoms with Gasteiger partial charge in [-0.3, -0.25) is 4.79 Å². The highest BCUT2D eigenvalue weighted by atomic mass is 35.5. The molecule has 4 nitrogen and oxygen atoms in total. The number of ether oxygens (including phenoxy) is 1. The SMILES string of the molecule is CC(NC(=O)C1(C#N)CCOCC1)c1cccc(Cl)c1. The van der Waals surface area contributed by atoms with Crippen molar-refractivity contribution in [2.24, 2.45) is 5.41 Å². The molecule has 1 N–H and O–H groups in total. The molecule has 1 aliphatic heterocycles. The molecule has 1 unspecified atom stereocenters. The molecule has 0 radical (unpaired) electrons. The van der Waals surface area contributed by atoms with Gasteiger partial charge in [-0.15, -0.1) is 0 Å². The molecule has 1 aromatic rings. The number of carbonyl (C=O) groups excluding carboxylic acids is 1. The second-order valence-electron chi connectivity index (χ2n) is 5.06. The van der Waals surface area contributed by atoms with Gasteiger partial charge in [0.25, 0.3) is 0 Å². The van der Waals surface area contributed by atoms with Crippen LogP contribution in [0, 0.1) is 16.7 Å². The van der Waals surface area contributed by atoms with Crippen molar-refractivity contribution in [2.45, 2.75) is 25.8 Å². The molecule has 2 rings (SSSR count). The van der Waals surface area contributed by atoms with Crippen LogP contribution >= 0.6 is 11.6 Å². The Bertz CT molecular complexity index is 533. The Morgan fingerprint density at radius 3 is 2.80 bits per heavy atom. The smallest absolute Gasteiger partial charge is 0.241 e. The van der Waals surface area contributed by atoms with Gasteiger partial charge in [-0.05, 0) is 37.5 Å². The van der Waals surface area contributed by atoms with Crippen LogP contribution in [-0.4, -0.2) is 19.1 Å². The number of amides is 1. The maximum Gasteiger partial charge on any atom is 0.241 e. The van der Waals surface area contributed by atoms with E-state index < -0.39 is 5.41 Å². The van der Waals surface area contributed by atoms with Crippen LogP contribution in [0.3, 0.4) is 0 Å². The minimum atomic E-state index is -0.967. The van der Waals surface area contributed by atoms with Crippen molar-refractivity contribution in [1.82, 2.24) is 5.32 Å². The van der Waals surface area contributed by atoms with Gasteiger partial charge >= 0.3 is 0 Å². The number of halogens is 1. The fraction of sp³-hybridized carbons (Fsp3) is 0.467. The molecular formula is C15H17ClN2O2. The predicted octanol–water partition coefficient (Wildman–Crippen LogP) is 2.84. The average molecular weight is 293 g/mol. The summed E-state index contributed by atoms with van der Waals surface area (Å²) in [7, 11) is 0. The summed E-state index contributed by atoms with van der Waals surface area (Å²) < 4.78 is 5.23. The minimum absolute atomic E-state index is 0.186. The Kier molecular flexibility index (Phi) is 4.64. The summed E-state index contributed by atoms with van der Waals surface area (Å²) in [5.41, 5.74) is -0.0450. The second-order valence-corrected chi connectivity index (χ2v) is 5.49. The highest BCUT2D eigenvalue weighted by Crippen LogP contribution is 2.31. The number of nitrogens with zero attached hydrogens (tertiary/aromatic N) is 1. The van der Waals surface area contributed by atoms with Gasteiger partial charge in [0.1, 0.15) is 5.41 Å². The molecule has 1 atom stereocenters. The van der Waals surface area contributed by atoms with Crippen molar-refractivity contribution in [3.05, 3.63) is 34.9 Å². The van der Waals surface area contributed by atoms with E-state index in [1.807, 2.05) is 25.1 Å². The van der Waals surface area contributed by atoms with Crippen molar-refractivity contribution in [3.63, 3.8) is 0 Å². The van der Waals surface area contributed by atoms with Gasteiger partial charge in [0.2, 0.25) is 5.91 Å². The standard InChI is InChI=1S/C15H17ClN2O2/c1-11(12-3-2-4-13(16)9-12)18-14(19)15(10-17)5-7-20-8-6-15/h2-4,9,11H,5-8H2,1H3,(H,18,19). The topological polar surface area (TPSA) is 62.1 Å². The van der Waals surface area contributed by atoms with Gasteiger partial charge in [0.15, 0.2) is 0 Å². The van der Waals surface area contributed by atoms with Crippen molar-refractivity contribution < 1.29 is 9.53 Å². The summed E-state index contributed by atoms with van der Waals surface area (Å²) in [6.45, 7) is 2.78. The van der Waals surface area contributed by atoms with Crippen LogP contribution in [0.5, 0.6) is 0 Å². The van der Waals surface area contributed by atoms with E-state index in [0.717, 1.165) is 5.56 Å². The molecule has 1 heterocycles. The summed E-state index contributed by atoms with van der Waals surface area (Å²) in [6, 6.07) is 9.33. The van der Waals surface area contributed by atoms with Crippen LogP contribution in [0.2, 0.25) is 5.02 Å². The van der Waals surface area contributed by atoms with Crippen LogP contribution in [0.4, 0.5) is 0 Å². The van der Waals surface area contributed by atoms with E-state index >= 15 is 0 Å². The van der Waals surface area contributed by atoms with Crippen LogP contribution < -0.4 is 5.32 Å². The second kappa shape index (κ2) is 6.25. The first kappa shape index (κ1) is 14.8. The molecule has 0 aliphatic carbocycles. The fourth-order valence-electron chi connectivity index (χ4n) is 2.30. The summed E-state index contributed by atoms with van der Waals surface area (Å²) in [4.78, 5) is 12.4. The van der Waals surface area contributed by atoms with E-state index in [4.69, 9.17) is 16.3 Å². The molecule has 0 saturated carbocycles. The third-order valence-electron chi connectivity index (χ3n) is 3.69. The van der Waals surface area contributed by atoms with E-state index in [2.05, 4.69) is 11.4 Å². The van der Waals surface area contributed by atoms with Crippen LogP contribution in [0.15, 0.2) is 24.3 Å². The summed E-state index contributed by atoms with van der Waals surface area (Å²) >= 11 is 5.95.